The van der Waals surface area contributed by atoms with Crippen molar-refractivity contribution in [1.29, 1.82) is 0 Å². The summed E-state index contributed by atoms with van der Waals surface area (Å²) in [5, 5.41) is 5.16. The van der Waals surface area contributed by atoms with Crippen LogP contribution in [0.5, 0.6) is 0 Å². The van der Waals surface area contributed by atoms with E-state index in [4.69, 9.17) is 0 Å². The maximum atomic E-state index is 4.43. The van der Waals surface area contributed by atoms with Crippen LogP contribution in [0.25, 0.3) is 0 Å². The number of nitrogens with one attached hydrogen (secondary N) is 1. The van der Waals surface area contributed by atoms with Crippen molar-refractivity contribution in [3.05, 3.63) is 46.7 Å². The Balaban J connectivity index is 2.04. The first-order chi connectivity index (χ1) is 8.79. The van der Waals surface area contributed by atoms with E-state index in [0.29, 0.717) is 0 Å². The van der Waals surface area contributed by atoms with Crippen LogP contribution < -0.4 is 5.32 Å². The Bertz CT molecular complexity index is 502. The van der Waals surface area contributed by atoms with Gasteiger partial charge in [0, 0.05) is 18.9 Å². The first kappa shape index (κ1) is 13.5. The summed E-state index contributed by atoms with van der Waals surface area (Å²) in [5.74, 6) is 0. The molecule has 3 nitrogen and oxygen atoms in total. The number of hydrogen-bond donors (Lipinski definition) is 1. The molecular weight excluding hydrogens is 310 g/mol. The minimum absolute atomic E-state index is 0.863. The van der Waals surface area contributed by atoms with Crippen molar-refractivity contribution >= 4 is 27.7 Å². The first-order valence-corrected chi connectivity index (χ1v) is 7.34. The van der Waals surface area contributed by atoms with E-state index >= 15 is 0 Å². The smallest absolute Gasteiger partial charge is 0.116 e. The molecule has 0 bridgehead atoms. The molecule has 0 amide bonds. The fraction of sp³-hybridized carbons (Fsp3) is 0.231. The molecule has 0 saturated carbocycles. The highest BCUT2D eigenvalue weighted by atomic mass is 79.9. The molecule has 0 aliphatic rings. The van der Waals surface area contributed by atoms with Crippen LogP contribution in [0.2, 0.25) is 0 Å². The number of nitrogens with zero attached hydrogens (tertiary/aromatic N) is 2. The number of rotatable bonds is 5. The summed E-state index contributed by atoms with van der Waals surface area (Å²) in [6.07, 6.45) is 3.69. The second-order valence-corrected chi connectivity index (χ2v) is 5.54. The molecule has 2 aromatic heterocycles. The van der Waals surface area contributed by atoms with Crippen molar-refractivity contribution in [3.63, 3.8) is 0 Å². The normalized spacial score (nSPS) is 10.6. The summed E-state index contributed by atoms with van der Waals surface area (Å²) < 4.78 is 0.994. The predicted octanol–water partition coefficient (Wildman–Crippen LogP) is 3.50. The molecule has 2 aromatic rings. The van der Waals surface area contributed by atoms with Gasteiger partial charge >= 0.3 is 0 Å². The van der Waals surface area contributed by atoms with E-state index in [1.807, 2.05) is 24.4 Å². The molecular formula is C13H14BrN3S. The fourth-order valence-electron chi connectivity index (χ4n) is 1.39. The van der Waals surface area contributed by atoms with Crippen molar-refractivity contribution in [2.45, 2.75) is 23.5 Å². The molecule has 2 rings (SSSR count). The predicted molar refractivity (Wildman–Crippen MR) is 77.7 cm³/mol. The number of halogens is 1. The van der Waals surface area contributed by atoms with E-state index in [9.17, 15) is 0 Å². The van der Waals surface area contributed by atoms with E-state index in [-0.39, 0.29) is 0 Å². The third-order valence-corrected chi connectivity index (χ3v) is 4.17. The second kappa shape index (κ2) is 6.87. The van der Waals surface area contributed by atoms with Crippen molar-refractivity contribution in [3.8, 4) is 0 Å². The topological polar surface area (TPSA) is 37.8 Å². The van der Waals surface area contributed by atoms with Crippen LogP contribution in [0, 0.1) is 0 Å². The van der Waals surface area contributed by atoms with Crippen LogP contribution in [-0.4, -0.2) is 16.5 Å². The van der Waals surface area contributed by atoms with Gasteiger partial charge in [-0.3, -0.25) is 0 Å². The zero-order chi connectivity index (χ0) is 12.8. The highest BCUT2D eigenvalue weighted by Crippen LogP contribution is 2.29. The van der Waals surface area contributed by atoms with E-state index in [1.54, 1.807) is 18.0 Å². The molecule has 0 saturated heterocycles. The lowest BCUT2D eigenvalue weighted by Crippen LogP contribution is -2.11. The van der Waals surface area contributed by atoms with Gasteiger partial charge in [0.2, 0.25) is 0 Å². The SMILES string of the molecule is CCNCc1ccc(Sc2ncccc2Br)nc1. The lowest BCUT2D eigenvalue weighted by Gasteiger charge is -2.04. The number of aromatic nitrogens is 2. The van der Waals surface area contributed by atoms with Gasteiger partial charge < -0.3 is 5.32 Å². The molecule has 0 spiro atoms. The largest absolute Gasteiger partial charge is 0.313 e. The van der Waals surface area contributed by atoms with Gasteiger partial charge in [0.25, 0.3) is 0 Å². The maximum absolute atomic E-state index is 4.43. The van der Waals surface area contributed by atoms with E-state index in [0.717, 1.165) is 27.6 Å². The Morgan fingerprint density at radius 1 is 1.28 bits per heavy atom. The Hall–Kier alpha value is -0.910. The van der Waals surface area contributed by atoms with E-state index < -0.39 is 0 Å². The highest BCUT2D eigenvalue weighted by Gasteiger charge is 2.04. The average Bonchev–Trinajstić information content (AvgIpc) is 2.41. The summed E-state index contributed by atoms with van der Waals surface area (Å²) in [6.45, 7) is 3.93. The Kier molecular flexibility index (Phi) is 5.16. The first-order valence-electron chi connectivity index (χ1n) is 5.73. The van der Waals surface area contributed by atoms with Crippen LogP contribution >= 0.6 is 27.7 Å². The molecule has 1 N–H and O–H groups in total. The van der Waals surface area contributed by atoms with Gasteiger partial charge in [0.1, 0.15) is 10.1 Å². The second-order valence-electron chi connectivity index (χ2n) is 3.68. The number of pyridine rings is 2. The van der Waals surface area contributed by atoms with E-state index in [2.05, 4.69) is 44.2 Å². The van der Waals surface area contributed by atoms with Crippen LogP contribution in [0.15, 0.2) is 51.2 Å². The average molecular weight is 324 g/mol. The highest BCUT2D eigenvalue weighted by molar-refractivity contribution is 9.10. The maximum Gasteiger partial charge on any atom is 0.116 e. The van der Waals surface area contributed by atoms with Gasteiger partial charge in [0.15, 0.2) is 0 Å². The van der Waals surface area contributed by atoms with Crippen LogP contribution in [0.3, 0.4) is 0 Å². The molecule has 0 unspecified atom stereocenters. The third kappa shape index (κ3) is 3.80. The summed E-state index contributed by atoms with van der Waals surface area (Å²) in [6, 6.07) is 8.00. The van der Waals surface area contributed by atoms with Crippen LogP contribution in [0.4, 0.5) is 0 Å². The van der Waals surface area contributed by atoms with E-state index in [1.165, 1.54) is 5.56 Å². The quantitative estimate of drug-likeness (QED) is 0.913. The van der Waals surface area contributed by atoms with Crippen molar-refractivity contribution in [2.75, 3.05) is 6.54 Å². The van der Waals surface area contributed by atoms with Crippen molar-refractivity contribution in [2.24, 2.45) is 0 Å². The minimum atomic E-state index is 0.863. The van der Waals surface area contributed by atoms with Crippen molar-refractivity contribution < 1.29 is 0 Å². The molecule has 0 atom stereocenters. The number of hydrogen-bond acceptors (Lipinski definition) is 4. The fourth-order valence-corrected chi connectivity index (χ4v) is 2.61. The molecule has 94 valence electrons. The Labute approximate surface area is 120 Å². The molecule has 0 aliphatic carbocycles. The van der Waals surface area contributed by atoms with Crippen LogP contribution in [0.1, 0.15) is 12.5 Å². The standard InChI is InChI=1S/C13H14BrN3S/c1-2-15-8-10-5-6-12(17-9-10)18-13-11(14)4-3-7-16-13/h3-7,9,15H,2,8H2,1H3. The molecule has 2 heterocycles. The molecule has 0 fully saturated rings. The summed E-state index contributed by atoms with van der Waals surface area (Å²) in [5.41, 5.74) is 1.20. The zero-order valence-corrected chi connectivity index (χ0v) is 12.5. The zero-order valence-electron chi connectivity index (χ0n) is 10.1. The van der Waals surface area contributed by atoms with Crippen molar-refractivity contribution in [1.82, 2.24) is 15.3 Å². The van der Waals surface area contributed by atoms with Gasteiger partial charge in [-0.1, -0.05) is 13.0 Å². The molecule has 0 radical (unpaired) electrons. The van der Waals surface area contributed by atoms with Gasteiger partial charge in [-0.25, -0.2) is 9.97 Å². The lowest BCUT2D eigenvalue weighted by atomic mass is 10.3. The summed E-state index contributed by atoms with van der Waals surface area (Å²) in [4.78, 5) is 8.74. The minimum Gasteiger partial charge on any atom is -0.313 e. The summed E-state index contributed by atoms with van der Waals surface area (Å²) in [7, 11) is 0. The molecule has 5 heteroatoms. The molecule has 0 aromatic carbocycles. The molecule has 0 aliphatic heterocycles. The monoisotopic (exact) mass is 323 g/mol. The van der Waals surface area contributed by atoms with Gasteiger partial charge in [-0.2, -0.15) is 0 Å². The summed E-state index contributed by atoms with van der Waals surface area (Å²) >= 11 is 5.04. The van der Waals surface area contributed by atoms with Gasteiger partial charge in [-0.05, 0) is 58.0 Å². The van der Waals surface area contributed by atoms with Crippen LogP contribution in [-0.2, 0) is 6.54 Å². The van der Waals surface area contributed by atoms with Gasteiger partial charge in [-0.15, -0.1) is 0 Å². The molecule has 18 heavy (non-hydrogen) atoms. The third-order valence-electron chi connectivity index (χ3n) is 2.30. The Morgan fingerprint density at radius 2 is 2.17 bits per heavy atom. The Morgan fingerprint density at radius 3 is 2.83 bits per heavy atom. The van der Waals surface area contributed by atoms with Gasteiger partial charge in [0.05, 0.1) is 4.47 Å². The lowest BCUT2D eigenvalue weighted by molar-refractivity contribution is 0.723.